The van der Waals surface area contributed by atoms with Crippen molar-refractivity contribution in [3.63, 3.8) is 0 Å². The predicted molar refractivity (Wildman–Crippen MR) is 104 cm³/mol. The number of amides is 2. The summed E-state index contributed by atoms with van der Waals surface area (Å²) in [4.78, 5) is 29.2. The van der Waals surface area contributed by atoms with E-state index in [-0.39, 0.29) is 18.3 Å². The van der Waals surface area contributed by atoms with Crippen LogP contribution in [0.25, 0.3) is 10.9 Å². The molecule has 4 rings (SSSR count). The molecular formula is C20H19FN4O3. The quantitative estimate of drug-likeness (QED) is 0.725. The molecule has 2 N–H and O–H groups in total. The van der Waals surface area contributed by atoms with Crippen molar-refractivity contribution in [1.82, 2.24) is 9.55 Å². The molecule has 1 fully saturated rings. The Balaban J connectivity index is 1.70. The number of anilines is 2. The van der Waals surface area contributed by atoms with Crippen LogP contribution in [0.15, 0.2) is 53.3 Å². The van der Waals surface area contributed by atoms with E-state index in [4.69, 9.17) is 4.74 Å². The second kappa shape index (κ2) is 7.77. The molecule has 28 heavy (non-hydrogen) atoms. The zero-order chi connectivity index (χ0) is 19.5. The smallest absolute Gasteiger partial charge is 0.349 e. The first-order chi connectivity index (χ1) is 13.6. The highest BCUT2D eigenvalue weighted by Gasteiger charge is 2.21. The van der Waals surface area contributed by atoms with Crippen LogP contribution < -0.4 is 16.3 Å². The van der Waals surface area contributed by atoms with Crippen LogP contribution in [0.3, 0.4) is 0 Å². The lowest BCUT2D eigenvalue weighted by Crippen LogP contribution is -2.33. The van der Waals surface area contributed by atoms with E-state index in [1.54, 1.807) is 30.3 Å². The molecule has 3 aromatic rings. The number of ether oxygens (including phenoxy) is 1. The number of halogens is 1. The Morgan fingerprint density at radius 3 is 2.75 bits per heavy atom. The fourth-order valence-corrected chi connectivity index (χ4v) is 3.30. The van der Waals surface area contributed by atoms with E-state index in [2.05, 4.69) is 15.6 Å². The van der Waals surface area contributed by atoms with Crippen molar-refractivity contribution in [2.75, 3.05) is 17.2 Å². The third-order valence-electron chi connectivity index (χ3n) is 4.64. The zero-order valence-electron chi connectivity index (χ0n) is 15.0. The Kier molecular flexibility index (Phi) is 5.03. The molecule has 1 aliphatic rings. The minimum atomic E-state index is -0.651. The third-order valence-corrected chi connectivity index (χ3v) is 4.64. The summed E-state index contributed by atoms with van der Waals surface area (Å²) in [6, 6.07) is 12.3. The number of carbonyl (C=O) groups is 1. The first-order valence-corrected chi connectivity index (χ1v) is 9.05. The van der Waals surface area contributed by atoms with Gasteiger partial charge >= 0.3 is 11.7 Å². The van der Waals surface area contributed by atoms with Gasteiger partial charge in [0.25, 0.3) is 0 Å². The van der Waals surface area contributed by atoms with Crippen LogP contribution in [0.2, 0.25) is 0 Å². The molecule has 2 amide bonds. The lowest BCUT2D eigenvalue weighted by molar-refractivity contribution is 0.0964. The largest absolute Gasteiger partial charge is 0.376 e. The third kappa shape index (κ3) is 3.72. The Labute approximate surface area is 160 Å². The molecule has 1 aliphatic heterocycles. The first-order valence-electron chi connectivity index (χ1n) is 9.05. The highest BCUT2D eigenvalue weighted by molar-refractivity contribution is 6.04. The van der Waals surface area contributed by atoms with E-state index < -0.39 is 17.5 Å². The molecule has 1 saturated heterocycles. The van der Waals surface area contributed by atoms with Crippen molar-refractivity contribution in [2.24, 2.45) is 0 Å². The molecule has 144 valence electrons. The first kappa shape index (κ1) is 18.1. The average molecular weight is 382 g/mol. The highest BCUT2D eigenvalue weighted by Crippen LogP contribution is 2.23. The van der Waals surface area contributed by atoms with E-state index in [1.807, 2.05) is 0 Å². The molecule has 2 heterocycles. The molecule has 2 aromatic carbocycles. The highest BCUT2D eigenvalue weighted by atomic mass is 19.1. The molecule has 8 heteroatoms. The summed E-state index contributed by atoms with van der Waals surface area (Å²) >= 11 is 0. The number of para-hydroxylation sites is 2. The summed E-state index contributed by atoms with van der Waals surface area (Å²) in [5, 5.41) is 5.78. The van der Waals surface area contributed by atoms with E-state index in [9.17, 15) is 14.0 Å². The minimum Gasteiger partial charge on any atom is -0.376 e. The van der Waals surface area contributed by atoms with Crippen molar-refractivity contribution < 1.29 is 13.9 Å². The van der Waals surface area contributed by atoms with E-state index in [1.165, 1.54) is 22.8 Å². The maximum Gasteiger partial charge on any atom is 0.349 e. The Bertz CT molecular complexity index is 1080. The second-order valence-electron chi connectivity index (χ2n) is 6.56. The second-order valence-corrected chi connectivity index (χ2v) is 6.56. The van der Waals surface area contributed by atoms with Crippen LogP contribution >= 0.6 is 0 Å². The van der Waals surface area contributed by atoms with E-state index in [0.717, 1.165) is 12.8 Å². The standard InChI is InChI=1S/C20H19FN4O3/c21-15-8-2-4-10-17(15)22-19(26)24-18-14-7-1-3-9-16(14)23-20(27)25(18)12-13-6-5-11-28-13/h1-4,7-10,13H,5-6,11-12H2,(H2,22,24,26)/t13-/m1/s1. The SMILES string of the molecule is O=C(Nc1ccccc1F)Nc1c2ccccc2nc(=O)n1C[C@H]1CCCO1. The van der Waals surface area contributed by atoms with Gasteiger partial charge in [-0.1, -0.05) is 24.3 Å². The van der Waals surface area contributed by atoms with Gasteiger partial charge in [0, 0.05) is 12.0 Å². The van der Waals surface area contributed by atoms with Crippen molar-refractivity contribution in [3.8, 4) is 0 Å². The summed E-state index contributed by atoms with van der Waals surface area (Å²) in [7, 11) is 0. The number of urea groups is 1. The molecule has 0 radical (unpaired) electrons. The van der Waals surface area contributed by atoms with Gasteiger partial charge in [0.1, 0.15) is 11.6 Å². The van der Waals surface area contributed by atoms with Gasteiger partial charge in [0.2, 0.25) is 0 Å². The van der Waals surface area contributed by atoms with Crippen LogP contribution in [0.5, 0.6) is 0 Å². The monoisotopic (exact) mass is 382 g/mol. The minimum absolute atomic E-state index is 0.0476. The summed E-state index contributed by atoms with van der Waals surface area (Å²) in [5.74, 6) is -0.242. The average Bonchev–Trinajstić information content (AvgIpc) is 3.19. The number of hydrogen-bond donors (Lipinski definition) is 2. The molecule has 0 spiro atoms. The number of nitrogens with one attached hydrogen (secondary N) is 2. The van der Waals surface area contributed by atoms with Crippen molar-refractivity contribution >= 4 is 28.4 Å². The number of rotatable bonds is 4. The van der Waals surface area contributed by atoms with Gasteiger partial charge in [0.15, 0.2) is 0 Å². The molecule has 0 saturated carbocycles. The number of hydrogen-bond acceptors (Lipinski definition) is 4. The van der Waals surface area contributed by atoms with Crippen molar-refractivity contribution in [2.45, 2.75) is 25.5 Å². The van der Waals surface area contributed by atoms with Gasteiger partial charge in [-0.3, -0.25) is 9.88 Å². The van der Waals surface area contributed by atoms with Gasteiger partial charge in [-0.05, 0) is 37.1 Å². The normalized spacial score (nSPS) is 16.2. The molecule has 7 nitrogen and oxygen atoms in total. The summed E-state index contributed by atoms with van der Waals surface area (Å²) in [5.41, 5.74) is 0.0408. The summed E-state index contributed by atoms with van der Waals surface area (Å²) < 4.78 is 20.9. The topological polar surface area (TPSA) is 85.3 Å². The summed E-state index contributed by atoms with van der Waals surface area (Å²) in [6.45, 7) is 0.933. The maximum absolute atomic E-state index is 13.8. The van der Waals surface area contributed by atoms with Gasteiger partial charge in [-0.25, -0.2) is 14.0 Å². The van der Waals surface area contributed by atoms with Crippen LogP contribution in [-0.4, -0.2) is 28.3 Å². The summed E-state index contributed by atoms with van der Waals surface area (Å²) in [6.07, 6.45) is 1.65. The van der Waals surface area contributed by atoms with Crippen molar-refractivity contribution in [3.05, 3.63) is 64.8 Å². The van der Waals surface area contributed by atoms with Crippen LogP contribution in [0.1, 0.15) is 12.8 Å². The van der Waals surface area contributed by atoms with Crippen LogP contribution in [0.4, 0.5) is 20.7 Å². The lowest BCUT2D eigenvalue weighted by atomic mass is 10.2. The molecule has 0 aliphatic carbocycles. The Hall–Kier alpha value is -3.26. The van der Waals surface area contributed by atoms with Crippen molar-refractivity contribution in [1.29, 1.82) is 0 Å². The van der Waals surface area contributed by atoms with Gasteiger partial charge in [-0.15, -0.1) is 0 Å². The van der Waals surface area contributed by atoms with Crippen LogP contribution in [-0.2, 0) is 11.3 Å². The molecule has 0 bridgehead atoms. The molecule has 1 atom stereocenters. The van der Waals surface area contributed by atoms with Gasteiger partial charge < -0.3 is 10.1 Å². The predicted octanol–water partition coefficient (Wildman–Crippen LogP) is 3.36. The van der Waals surface area contributed by atoms with Gasteiger partial charge in [-0.2, -0.15) is 4.98 Å². The number of benzene rings is 2. The number of nitrogens with zero attached hydrogens (tertiary/aromatic N) is 2. The van der Waals surface area contributed by atoms with Crippen LogP contribution in [0, 0.1) is 5.82 Å². The zero-order valence-corrected chi connectivity index (χ0v) is 15.0. The number of carbonyl (C=O) groups excluding carboxylic acids is 1. The molecular weight excluding hydrogens is 363 g/mol. The van der Waals surface area contributed by atoms with E-state index in [0.29, 0.717) is 23.3 Å². The maximum atomic E-state index is 13.8. The number of fused-ring (bicyclic) bond motifs is 1. The Morgan fingerprint density at radius 2 is 1.96 bits per heavy atom. The molecule has 0 unspecified atom stereocenters. The lowest BCUT2D eigenvalue weighted by Gasteiger charge is -2.18. The van der Waals surface area contributed by atoms with E-state index >= 15 is 0 Å². The van der Waals surface area contributed by atoms with Gasteiger partial charge in [0.05, 0.1) is 23.9 Å². The Morgan fingerprint density at radius 1 is 1.18 bits per heavy atom. The number of aromatic nitrogens is 2. The fourth-order valence-electron chi connectivity index (χ4n) is 3.30. The molecule has 1 aromatic heterocycles. The fraction of sp³-hybridized carbons (Fsp3) is 0.250.